The van der Waals surface area contributed by atoms with E-state index in [4.69, 9.17) is 9.73 Å². The fourth-order valence-corrected chi connectivity index (χ4v) is 4.51. The molecule has 0 radical (unpaired) electrons. The van der Waals surface area contributed by atoms with Gasteiger partial charge in [0.1, 0.15) is 17.3 Å². The average molecular weight is 445 g/mol. The van der Waals surface area contributed by atoms with Crippen molar-refractivity contribution in [2.24, 2.45) is 4.99 Å². The predicted octanol–water partition coefficient (Wildman–Crippen LogP) is 4.01. The molecule has 2 aromatic carbocycles. The highest BCUT2D eigenvalue weighted by molar-refractivity contribution is 7.13. The van der Waals surface area contributed by atoms with E-state index in [2.05, 4.69) is 39.0 Å². The van der Waals surface area contributed by atoms with Gasteiger partial charge in [0.2, 0.25) is 0 Å². The molecule has 2 N–H and O–H groups in total. The number of ether oxygens (including phenoxy) is 1. The van der Waals surface area contributed by atoms with Crippen LogP contribution in [0.15, 0.2) is 71.0 Å². The zero-order chi connectivity index (χ0) is 21.9. The Bertz CT molecular complexity index is 1290. The van der Waals surface area contributed by atoms with Crippen LogP contribution in [0.3, 0.4) is 0 Å². The van der Waals surface area contributed by atoms with E-state index in [1.165, 1.54) is 0 Å². The number of thiophene rings is 1. The topological polar surface area (TPSA) is 93.4 Å². The summed E-state index contributed by atoms with van der Waals surface area (Å²) in [6.07, 6.45) is 0. The Morgan fingerprint density at radius 3 is 2.84 bits per heavy atom. The summed E-state index contributed by atoms with van der Waals surface area (Å²) in [4.78, 5) is 17.3. The van der Waals surface area contributed by atoms with Gasteiger partial charge in [-0.1, -0.05) is 36.4 Å². The van der Waals surface area contributed by atoms with Crippen LogP contribution in [0.1, 0.15) is 22.8 Å². The second-order valence-electron chi connectivity index (χ2n) is 7.08. The van der Waals surface area contributed by atoms with Gasteiger partial charge in [0.15, 0.2) is 11.6 Å². The molecule has 0 bridgehead atoms. The highest BCUT2D eigenvalue weighted by atomic mass is 32.1. The molecule has 0 unspecified atom stereocenters. The smallest absolute Gasteiger partial charge is 0.319 e. The normalized spacial score (nSPS) is 12.2. The molecule has 32 heavy (non-hydrogen) atoms. The van der Waals surface area contributed by atoms with Crippen molar-refractivity contribution in [1.29, 1.82) is 0 Å². The number of hydrogen-bond donors (Lipinski definition) is 2. The minimum absolute atomic E-state index is 0.223. The van der Waals surface area contributed by atoms with Crippen molar-refractivity contribution in [1.82, 2.24) is 20.1 Å². The third-order valence-corrected chi connectivity index (χ3v) is 5.96. The maximum Gasteiger partial charge on any atom is 0.319 e. The largest absolute Gasteiger partial charge is 0.497 e. The Morgan fingerprint density at radius 2 is 2.00 bits per heavy atom. The van der Waals surface area contributed by atoms with Crippen molar-refractivity contribution in [3.05, 3.63) is 88.8 Å². The van der Waals surface area contributed by atoms with Crippen LogP contribution in [0.25, 0.3) is 5.00 Å². The lowest BCUT2D eigenvalue weighted by molar-refractivity contribution is 0.251. The maximum absolute atomic E-state index is 12.4. The molecule has 1 aliphatic heterocycles. The first-order valence-electron chi connectivity index (χ1n) is 10.0. The summed E-state index contributed by atoms with van der Waals surface area (Å²) in [6.45, 7) is 0.634. The lowest BCUT2D eigenvalue weighted by atomic mass is 10.0. The van der Waals surface area contributed by atoms with E-state index in [-0.39, 0.29) is 12.6 Å². The number of nitrogens with one attached hydrogen (secondary N) is 2. The minimum atomic E-state index is -0.336. The third kappa shape index (κ3) is 3.85. The second-order valence-corrected chi connectivity index (χ2v) is 7.97. The quantitative estimate of drug-likeness (QED) is 0.486. The van der Waals surface area contributed by atoms with Gasteiger partial charge < -0.3 is 15.4 Å². The van der Waals surface area contributed by atoms with E-state index in [9.17, 15) is 4.79 Å². The number of rotatable bonds is 5. The van der Waals surface area contributed by atoms with Gasteiger partial charge in [-0.05, 0) is 23.6 Å². The van der Waals surface area contributed by atoms with Crippen molar-refractivity contribution in [3.8, 4) is 10.8 Å². The summed E-state index contributed by atoms with van der Waals surface area (Å²) in [6, 6.07) is 19.0. The number of methoxy groups -OCH3 is 1. The number of nitrogens with zero attached hydrogens (tertiary/aromatic N) is 4. The van der Waals surface area contributed by atoms with Gasteiger partial charge in [0.25, 0.3) is 0 Å². The number of benzene rings is 2. The molecule has 5 rings (SSSR count). The molecule has 9 heteroatoms. The van der Waals surface area contributed by atoms with Gasteiger partial charge in [-0.15, -0.1) is 21.5 Å². The Balaban J connectivity index is 1.36. The van der Waals surface area contributed by atoms with Crippen LogP contribution in [0, 0.1) is 0 Å². The highest BCUT2D eigenvalue weighted by Gasteiger charge is 2.24. The molecule has 2 aromatic heterocycles. The van der Waals surface area contributed by atoms with Crippen LogP contribution in [0.2, 0.25) is 0 Å². The molecule has 2 amide bonds. The summed E-state index contributed by atoms with van der Waals surface area (Å²) in [7, 11) is 1.59. The van der Waals surface area contributed by atoms with Gasteiger partial charge in [-0.2, -0.15) is 0 Å². The van der Waals surface area contributed by atoms with E-state index in [1.54, 1.807) is 30.6 Å². The highest BCUT2D eigenvalue weighted by Crippen LogP contribution is 2.30. The van der Waals surface area contributed by atoms with Crippen molar-refractivity contribution in [2.75, 3.05) is 12.4 Å². The van der Waals surface area contributed by atoms with Gasteiger partial charge in [0.05, 0.1) is 19.4 Å². The van der Waals surface area contributed by atoms with E-state index in [1.807, 2.05) is 40.3 Å². The maximum atomic E-state index is 12.4. The molecule has 4 aromatic rings. The van der Waals surface area contributed by atoms with Crippen molar-refractivity contribution >= 4 is 28.8 Å². The molecular formula is C23H20N6O2S. The Kier molecular flexibility index (Phi) is 5.39. The molecule has 0 spiro atoms. The van der Waals surface area contributed by atoms with Gasteiger partial charge >= 0.3 is 6.03 Å². The number of amides is 2. The number of hydrogen-bond acceptors (Lipinski definition) is 6. The van der Waals surface area contributed by atoms with Crippen molar-refractivity contribution < 1.29 is 9.53 Å². The van der Waals surface area contributed by atoms with Crippen LogP contribution in [-0.4, -0.2) is 33.6 Å². The first-order valence-corrected chi connectivity index (χ1v) is 10.9. The summed E-state index contributed by atoms with van der Waals surface area (Å²) in [5, 5.41) is 17.3. The molecule has 3 heterocycles. The molecule has 0 saturated heterocycles. The zero-order valence-electron chi connectivity index (χ0n) is 17.3. The van der Waals surface area contributed by atoms with Crippen LogP contribution in [0.5, 0.6) is 5.75 Å². The fraction of sp³-hybridized carbons (Fsp3) is 0.130. The van der Waals surface area contributed by atoms with Crippen LogP contribution in [-0.2, 0) is 13.1 Å². The van der Waals surface area contributed by atoms with Crippen LogP contribution in [0.4, 0.5) is 10.5 Å². The van der Waals surface area contributed by atoms with E-state index in [0.717, 1.165) is 27.7 Å². The second kappa shape index (κ2) is 8.64. The third-order valence-electron chi connectivity index (χ3n) is 5.06. The van der Waals surface area contributed by atoms with Crippen molar-refractivity contribution in [3.63, 3.8) is 0 Å². The molecule has 1 aliphatic rings. The summed E-state index contributed by atoms with van der Waals surface area (Å²) >= 11 is 1.60. The Morgan fingerprint density at radius 1 is 1.12 bits per heavy atom. The number of aliphatic imine (C=N–C) groups is 1. The van der Waals surface area contributed by atoms with Crippen molar-refractivity contribution in [2.45, 2.75) is 13.1 Å². The molecule has 0 aliphatic carbocycles. The average Bonchev–Trinajstić information content (AvgIpc) is 3.42. The van der Waals surface area contributed by atoms with Crippen LogP contribution >= 0.6 is 11.3 Å². The molecule has 8 nitrogen and oxygen atoms in total. The van der Waals surface area contributed by atoms with Gasteiger partial charge in [-0.25, -0.2) is 4.79 Å². The number of fused-ring (bicyclic) bond motifs is 3. The van der Waals surface area contributed by atoms with Gasteiger partial charge in [-0.3, -0.25) is 9.56 Å². The number of aromatic nitrogens is 3. The van der Waals surface area contributed by atoms with E-state index < -0.39 is 0 Å². The summed E-state index contributed by atoms with van der Waals surface area (Å²) < 4.78 is 7.18. The van der Waals surface area contributed by atoms with E-state index >= 15 is 0 Å². The van der Waals surface area contributed by atoms with Crippen LogP contribution < -0.4 is 15.4 Å². The predicted molar refractivity (Wildman–Crippen MR) is 124 cm³/mol. The first kappa shape index (κ1) is 20.0. The Labute approximate surface area is 188 Å². The minimum Gasteiger partial charge on any atom is -0.497 e. The molecule has 0 atom stereocenters. The number of anilines is 1. The Hall–Kier alpha value is -3.98. The zero-order valence-corrected chi connectivity index (χ0v) is 18.1. The SMILES string of the molecule is COc1cccc(NC(=O)NCc2nnc3n2-c2sccc2C(c2ccccc2)=NC3)c1. The lowest BCUT2D eigenvalue weighted by Gasteiger charge is -2.11. The summed E-state index contributed by atoms with van der Waals surface area (Å²) in [5.41, 5.74) is 3.66. The lowest BCUT2D eigenvalue weighted by Crippen LogP contribution is -2.29. The first-order chi connectivity index (χ1) is 15.7. The molecule has 0 fully saturated rings. The molecule has 0 saturated carbocycles. The molecule has 160 valence electrons. The standard InChI is InChI=1S/C23H20N6O2S/c1-31-17-9-5-8-16(12-17)26-23(30)25-14-20-28-27-19-13-24-21(15-6-3-2-4-7-15)18-10-11-32-22(18)29(19)20/h2-12H,13-14H2,1H3,(H2,25,26,30). The monoisotopic (exact) mass is 444 g/mol. The number of carbonyl (C=O) groups is 1. The fourth-order valence-electron chi connectivity index (χ4n) is 3.57. The van der Waals surface area contributed by atoms with E-state index in [0.29, 0.717) is 23.8 Å². The van der Waals surface area contributed by atoms with Gasteiger partial charge in [0, 0.05) is 22.9 Å². The number of urea groups is 1. The molecular weight excluding hydrogens is 424 g/mol. The number of carbonyl (C=O) groups excluding carboxylic acids is 1. The summed E-state index contributed by atoms with van der Waals surface area (Å²) in [5.74, 6) is 2.06.